The van der Waals surface area contributed by atoms with Crippen molar-refractivity contribution in [2.75, 3.05) is 18.5 Å². The average molecular weight is 410 g/mol. The van der Waals surface area contributed by atoms with Gasteiger partial charge < -0.3 is 19.5 Å². The second-order valence-corrected chi connectivity index (χ2v) is 7.24. The van der Waals surface area contributed by atoms with Crippen LogP contribution in [-0.4, -0.2) is 55.4 Å². The molecule has 2 aromatic rings. The summed E-state index contributed by atoms with van der Waals surface area (Å²) in [4.78, 5) is 35.9. The van der Waals surface area contributed by atoms with Gasteiger partial charge in [-0.05, 0) is 43.3 Å². The molecule has 2 aliphatic heterocycles. The lowest BCUT2D eigenvalue weighted by Gasteiger charge is -2.18. The summed E-state index contributed by atoms with van der Waals surface area (Å²) in [6.07, 6.45) is -2.05. The van der Waals surface area contributed by atoms with Gasteiger partial charge in [0.2, 0.25) is 0 Å². The maximum absolute atomic E-state index is 12.4. The van der Waals surface area contributed by atoms with Crippen LogP contribution in [0, 0.1) is 0 Å². The van der Waals surface area contributed by atoms with E-state index in [-0.39, 0.29) is 37.0 Å². The van der Waals surface area contributed by atoms with Crippen molar-refractivity contribution in [2.45, 2.75) is 31.3 Å². The topological polar surface area (TPSA) is 103 Å². The predicted octanol–water partition coefficient (Wildman–Crippen LogP) is 2.40. The Morgan fingerprint density at radius 1 is 0.900 bits per heavy atom. The van der Waals surface area contributed by atoms with Crippen LogP contribution in [0.1, 0.15) is 27.6 Å². The summed E-state index contributed by atoms with van der Waals surface area (Å²) in [7, 11) is 0. The largest absolute Gasteiger partial charge is 0.441 e. The van der Waals surface area contributed by atoms with Gasteiger partial charge in [0.15, 0.2) is 11.9 Å². The van der Waals surface area contributed by atoms with Crippen LogP contribution in [0.2, 0.25) is 0 Å². The van der Waals surface area contributed by atoms with Crippen LogP contribution < -0.4 is 10.6 Å². The van der Waals surface area contributed by atoms with Crippen molar-refractivity contribution in [3.63, 3.8) is 0 Å². The van der Waals surface area contributed by atoms with E-state index in [2.05, 4.69) is 10.6 Å². The molecular formula is C22H22N2O6. The van der Waals surface area contributed by atoms with E-state index in [9.17, 15) is 14.4 Å². The van der Waals surface area contributed by atoms with Crippen molar-refractivity contribution in [3.05, 3.63) is 65.7 Å². The molecule has 8 heteroatoms. The third kappa shape index (κ3) is 4.34. The van der Waals surface area contributed by atoms with E-state index >= 15 is 0 Å². The Morgan fingerprint density at radius 2 is 1.60 bits per heavy atom. The Kier molecular flexibility index (Phi) is 5.78. The second-order valence-electron chi connectivity index (χ2n) is 7.24. The zero-order chi connectivity index (χ0) is 21.1. The van der Waals surface area contributed by atoms with Gasteiger partial charge in [-0.2, -0.15) is 0 Å². The first-order chi connectivity index (χ1) is 14.5. The zero-order valence-electron chi connectivity index (χ0n) is 16.4. The third-order valence-corrected chi connectivity index (χ3v) is 5.16. The lowest BCUT2D eigenvalue weighted by atomic mass is 10.1. The lowest BCUT2D eigenvalue weighted by Crippen LogP contribution is -2.44. The molecule has 2 aromatic carbocycles. The molecule has 0 bridgehead atoms. The van der Waals surface area contributed by atoms with Crippen LogP contribution in [0.4, 0.5) is 10.5 Å². The summed E-state index contributed by atoms with van der Waals surface area (Å²) in [6.45, 7) is 1.94. The van der Waals surface area contributed by atoms with Gasteiger partial charge in [-0.1, -0.05) is 18.2 Å². The molecule has 2 heterocycles. The summed E-state index contributed by atoms with van der Waals surface area (Å²) in [5.74, 6) is -0.255. The molecule has 0 aliphatic carbocycles. The fourth-order valence-electron chi connectivity index (χ4n) is 3.60. The first-order valence-corrected chi connectivity index (χ1v) is 9.69. The number of ketones is 1. The predicted molar refractivity (Wildman–Crippen MR) is 108 cm³/mol. The van der Waals surface area contributed by atoms with E-state index in [1.807, 2.05) is 6.07 Å². The molecule has 0 unspecified atom stereocenters. The molecule has 4 atom stereocenters. The molecule has 156 valence electrons. The number of Topliss-reactive ketones (excluding diaryl/α,β-unsaturated/α-hetero) is 1. The number of benzene rings is 2. The number of hydrogen-bond acceptors (Lipinski definition) is 6. The number of nitrogens with one attached hydrogen (secondary N) is 2. The van der Waals surface area contributed by atoms with Crippen molar-refractivity contribution in [1.82, 2.24) is 5.32 Å². The average Bonchev–Trinajstić information content (AvgIpc) is 3.32. The highest BCUT2D eigenvalue weighted by Gasteiger charge is 2.50. The Labute approximate surface area is 173 Å². The van der Waals surface area contributed by atoms with E-state index in [1.54, 1.807) is 48.5 Å². The zero-order valence-corrected chi connectivity index (χ0v) is 16.4. The van der Waals surface area contributed by atoms with E-state index in [1.165, 1.54) is 6.92 Å². The van der Waals surface area contributed by atoms with E-state index in [4.69, 9.17) is 14.2 Å². The highest BCUT2D eigenvalue weighted by atomic mass is 16.6. The van der Waals surface area contributed by atoms with Gasteiger partial charge >= 0.3 is 6.09 Å². The number of hydrogen-bond donors (Lipinski definition) is 2. The summed E-state index contributed by atoms with van der Waals surface area (Å²) < 4.78 is 17.0. The van der Waals surface area contributed by atoms with Crippen LogP contribution in [0.5, 0.6) is 0 Å². The molecule has 2 fully saturated rings. The van der Waals surface area contributed by atoms with Crippen molar-refractivity contribution >= 4 is 23.5 Å². The number of rotatable bonds is 5. The van der Waals surface area contributed by atoms with Crippen LogP contribution in [0.15, 0.2) is 54.6 Å². The maximum atomic E-state index is 12.4. The number of carbonyl (C=O) groups is 3. The molecule has 0 saturated carbocycles. The van der Waals surface area contributed by atoms with E-state index in [0.717, 1.165) is 0 Å². The van der Waals surface area contributed by atoms with Gasteiger partial charge in [0.1, 0.15) is 12.2 Å². The molecule has 30 heavy (non-hydrogen) atoms. The Balaban J connectivity index is 1.30. The van der Waals surface area contributed by atoms with Gasteiger partial charge in [-0.3, -0.25) is 14.9 Å². The number of anilines is 1. The molecule has 8 nitrogen and oxygen atoms in total. The molecular weight excluding hydrogens is 388 g/mol. The van der Waals surface area contributed by atoms with Gasteiger partial charge in [-0.25, -0.2) is 4.79 Å². The van der Waals surface area contributed by atoms with Crippen molar-refractivity contribution in [2.24, 2.45) is 0 Å². The van der Waals surface area contributed by atoms with Gasteiger partial charge in [0, 0.05) is 16.8 Å². The Hall–Kier alpha value is -3.23. The quantitative estimate of drug-likeness (QED) is 0.734. The van der Waals surface area contributed by atoms with Crippen molar-refractivity contribution in [1.29, 1.82) is 0 Å². The molecule has 2 amide bonds. The molecule has 4 rings (SSSR count). The van der Waals surface area contributed by atoms with Gasteiger partial charge in [0.05, 0.1) is 19.3 Å². The number of fused-ring (bicyclic) bond motifs is 1. The summed E-state index contributed by atoms with van der Waals surface area (Å²) >= 11 is 0. The van der Waals surface area contributed by atoms with Crippen LogP contribution >= 0.6 is 0 Å². The highest BCUT2D eigenvalue weighted by Crippen LogP contribution is 2.29. The fourth-order valence-corrected chi connectivity index (χ4v) is 3.60. The minimum Gasteiger partial charge on any atom is -0.441 e. The van der Waals surface area contributed by atoms with Crippen molar-refractivity contribution in [3.8, 4) is 0 Å². The Bertz CT molecular complexity index is 930. The molecule has 0 spiro atoms. The minimum absolute atomic E-state index is 0.0504. The molecule has 0 aromatic heterocycles. The maximum Gasteiger partial charge on any atom is 0.412 e. The van der Waals surface area contributed by atoms with Crippen LogP contribution in [-0.2, 0) is 14.2 Å². The summed E-state index contributed by atoms with van der Waals surface area (Å²) in [5, 5.41) is 5.55. The smallest absolute Gasteiger partial charge is 0.412 e. The second kappa shape index (κ2) is 8.64. The molecule has 0 radical (unpaired) electrons. The summed E-state index contributed by atoms with van der Waals surface area (Å²) in [6, 6.07) is 15.1. The van der Waals surface area contributed by atoms with E-state index in [0.29, 0.717) is 16.8 Å². The van der Waals surface area contributed by atoms with Gasteiger partial charge in [-0.15, -0.1) is 0 Å². The van der Waals surface area contributed by atoms with Crippen LogP contribution in [0.25, 0.3) is 0 Å². The van der Waals surface area contributed by atoms with Crippen LogP contribution in [0.3, 0.4) is 0 Å². The standard InChI is InChI=1S/C22H22N2O6/c1-13(25)14-7-9-16(10-8-14)23-22(27)30-18-12-29-19-17(11-28-20(18)19)24-21(26)15-5-3-2-4-6-15/h2-10,17-20H,11-12H2,1H3,(H,23,27)(H,24,26)/t17-,18+,19+,20+/m0/s1. The van der Waals surface area contributed by atoms with Gasteiger partial charge in [0.25, 0.3) is 5.91 Å². The lowest BCUT2D eigenvalue weighted by molar-refractivity contribution is 0.00862. The first kappa shape index (κ1) is 20.1. The SMILES string of the molecule is CC(=O)c1ccc(NC(=O)O[C@@H]2CO[C@H]3[C@@H]2OC[C@@H]3NC(=O)c2ccccc2)cc1. The van der Waals surface area contributed by atoms with Crippen molar-refractivity contribution < 1.29 is 28.6 Å². The Morgan fingerprint density at radius 3 is 2.30 bits per heavy atom. The molecule has 2 saturated heterocycles. The number of carbonyl (C=O) groups excluding carboxylic acids is 3. The normalized spacial score (nSPS) is 24.7. The molecule has 2 aliphatic rings. The fraction of sp³-hybridized carbons (Fsp3) is 0.318. The monoisotopic (exact) mass is 410 g/mol. The third-order valence-electron chi connectivity index (χ3n) is 5.16. The highest BCUT2D eigenvalue weighted by molar-refractivity contribution is 5.95. The van der Waals surface area contributed by atoms with E-state index < -0.39 is 18.3 Å². The number of amides is 2. The molecule has 2 N–H and O–H groups in total. The number of ether oxygens (including phenoxy) is 3. The summed E-state index contributed by atoms with van der Waals surface area (Å²) in [5.41, 5.74) is 1.63. The first-order valence-electron chi connectivity index (χ1n) is 9.69. The minimum atomic E-state index is -0.639.